The minimum Gasteiger partial charge on any atom is -0.480 e. The molecule has 0 N–H and O–H groups in total. The second-order valence-corrected chi connectivity index (χ2v) is 3.58. The number of nitrogens with zero attached hydrogens (tertiary/aromatic N) is 1. The summed E-state index contributed by atoms with van der Waals surface area (Å²) in [5.41, 5.74) is 0.314. The average molecular weight is 230 g/mol. The van der Waals surface area contributed by atoms with Crippen LogP contribution < -0.4 is 4.74 Å². The summed E-state index contributed by atoms with van der Waals surface area (Å²) in [6, 6.07) is 1.47. The summed E-state index contributed by atoms with van der Waals surface area (Å²) >= 11 is 5.81. The van der Waals surface area contributed by atoms with Gasteiger partial charge in [0.1, 0.15) is 5.02 Å². The number of hydrogen-bond acceptors (Lipinski definition) is 4. The zero-order valence-corrected chi connectivity index (χ0v) is 9.54. The average Bonchev–Trinajstić information content (AvgIpc) is 2.16. The van der Waals surface area contributed by atoms with Gasteiger partial charge in [0, 0.05) is 6.20 Å². The SMILES string of the molecule is COc1ncc(C(=O)OC(C)C)cc1Cl. The van der Waals surface area contributed by atoms with Gasteiger partial charge in [-0.25, -0.2) is 9.78 Å². The molecule has 0 atom stereocenters. The van der Waals surface area contributed by atoms with E-state index in [9.17, 15) is 4.79 Å². The predicted molar refractivity (Wildman–Crippen MR) is 56.4 cm³/mol. The molecule has 0 aliphatic rings. The van der Waals surface area contributed by atoms with Gasteiger partial charge in [0.2, 0.25) is 5.88 Å². The molecular formula is C10H12ClNO3. The van der Waals surface area contributed by atoms with Gasteiger partial charge in [0.25, 0.3) is 0 Å². The Hall–Kier alpha value is -1.29. The number of methoxy groups -OCH3 is 1. The highest BCUT2D eigenvalue weighted by Crippen LogP contribution is 2.22. The zero-order chi connectivity index (χ0) is 11.4. The third kappa shape index (κ3) is 3.09. The number of ether oxygens (including phenoxy) is 2. The Morgan fingerprint density at radius 2 is 2.20 bits per heavy atom. The second-order valence-electron chi connectivity index (χ2n) is 3.17. The maximum absolute atomic E-state index is 11.4. The molecule has 0 aromatic carbocycles. The topological polar surface area (TPSA) is 48.4 Å². The predicted octanol–water partition coefficient (Wildman–Crippen LogP) is 2.31. The molecule has 0 saturated carbocycles. The fourth-order valence-electron chi connectivity index (χ4n) is 0.969. The Balaban J connectivity index is 2.87. The van der Waals surface area contributed by atoms with Crippen molar-refractivity contribution in [3.63, 3.8) is 0 Å². The van der Waals surface area contributed by atoms with Gasteiger partial charge < -0.3 is 9.47 Å². The first-order chi connectivity index (χ1) is 7.04. The van der Waals surface area contributed by atoms with Crippen molar-refractivity contribution in [2.75, 3.05) is 7.11 Å². The molecule has 15 heavy (non-hydrogen) atoms. The molecule has 0 radical (unpaired) electrons. The molecule has 1 heterocycles. The molecule has 0 saturated heterocycles. The molecule has 5 heteroatoms. The minimum atomic E-state index is -0.443. The van der Waals surface area contributed by atoms with Crippen molar-refractivity contribution in [2.24, 2.45) is 0 Å². The summed E-state index contributed by atoms with van der Waals surface area (Å²) in [5, 5.41) is 0.288. The van der Waals surface area contributed by atoms with Crippen LogP contribution in [0, 0.1) is 0 Å². The van der Waals surface area contributed by atoms with Gasteiger partial charge in [-0.05, 0) is 19.9 Å². The smallest absolute Gasteiger partial charge is 0.340 e. The first kappa shape index (κ1) is 11.8. The van der Waals surface area contributed by atoms with Crippen LogP contribution in [0.25, 0.3) is 0 Å². The van der Waals surface area contributed by atoms with Crippen molar-refractivity contribution in [3.8, 4) is 5.88 Å². The molecule has 0 unspecified atom stereocenters. The monoisotopic (exact) mass is 229 g/mol. The number of carbonyl (C=O) groups is 1. The minimum absolute atomic E-state index is 0.168. The van der Waals surface area contributed by atoms with Crippen molar-refractivity contribution < 1.29 is 14.3 Å². The van der Waals surface area contributed by atoms with Crippen LogP contribution in [-0.4, -0.2) is 24.2 Å². The molecule has 82 valence electrons. The van der Waals surface area contributed by atoms with E-state index in [4.69, 9.17) is 21.1 Å². The van der Waals surface area contributed by atoms with Gasteiger partial charge in [0.15, 0.2) is 0 Å². The van der Waals surface area contributed by atoms with Crippen LogP contribution in [0.15, 0.2) is 12.3 Å². The lowest BCUT2D eigenvalue weighted by Crippen LogP contribution is -2.12. The van der Waals surface area contributed by atoms with Crippen molar-refractivity contribution >= 4 is 17.6 Å². The highest BCUT2D eigenvalue weighted by molar-refractivity contribution is 6.32. The Morgan fingerprint density at radius 3 is 2.67 bits per heavy atom. The first-order valence-electron chi connectivity index (χ1n) is 4.45. The van der Waals surface area contributed by atoms with Crippen molar-refractivity contribution in [3.05, 3.63) is 22.8 Å². The van der Waals surface area contributed by atoms with Crippen LogP contribution in [0.5, 0.6) is 5.88 Å². The molecule has 0 spiro atoms. The van der Waals surface area contributed by atoms with Crippen molar-refractivity contribution in [1.29, 1.82) is 0 Å². The van der Waals surface area contributed by atoms with E-state index in [2.05, 4.69) is 4.98 Å². The Morgan fingerprint density at radius 1 is 1.53 bits per heavy atom. The van der Waals surface area contributed by atoms with Gasteiger partial charge >= 0.3 is 5.97 Å². The van der Waals surface area contributed by atoms with E-state index in [0.29, 0.717) is 5.56 Å². The van der Waals surface area contributed by atoms with E-state index < -0.39 is 5.97 Å². The zero-order valence-electron chi connectivity index (χ0n) is 8.78. The number of pyridine rings is 1. The molecule has 0 fully saturated rings. The molecule has 1 rings (SSSR count). The van der Waals surface area contributed by atoms with Crippen LogP contribution in [0.3, 0.4) is 0 Å². The van der Waals surface area contributed by atoms with Crippen molar-refractivity contribution in [1.82, 2.24) is 4.98 Å². The lowest BCUT2D eigenvalue weighted by molar-refractivity contribution is 0.0377. The molecule has 4 nitrogen and oxygen atoms in total. The van der Waals surface area contributed by atoms with E-state index in [1.807, 2.05) is 0 Å². The Labute approximate surface area is 93.2 Å². The summed E-state index contributed by atoms with van der Waals surface area (Å²) in [6.45, 7) is 3.55. The summed E-state index contributed by atoms with van der Waals surface area (Å²) in [6.07, 6.45) is 1.20. The fraction of sp³-hybridized carbons (Fsp3) is 0.400. The standard InChI is InChI=1S/C10H12ClNO3/c1-6(2)15-10(13)7-4-8(11)9(14-3)12-5-7/h4-6H,1-3H3. The molecule has 1 aromatic heterocycles. The van der Waals surface area contributed by atoms with Crippen LogP contribution in [-0.2, 0) is 4.74 Å². The maximum Gasteiger partial charge on any atom is 0.340 e. The summed E-state index contributed by atoms with van der Waals surface area (Å²) in [4.78, 5) is 15.3. The van der Waals surface area contributed by atoms with E-state index in [1.165, 1.54) is 19.4 Å². The van der Waals surface area contributed by atoms with Crippen LogP contribution in [0.1, 0.15) is 24.2 Å². The largest absolute Gasteiger partial charge is 0.480 e. The number of esters is 1. The van der Waals surface area contributed by atoms with Crippen LogP contribution in [0.2, 0.25) is 5.02 Å². The van der Waals surface area contributed by atoms with Gasteiger partial charge in [-0.1, -0.05) is 11.6 Å². The van der Waals surface area contributed by atoms with Crippen molar-refractivity contribution in [2.45, 2.75) is 20.0 Å². The highest BCUT2D eigenvalue weighted by atomic mass is 35.5. The normalized spacial score (nSPS) is 10.2. The Bertz CT molecular complexity index is 366. The van der Waals surface area contributed by atoms with Gasteiger partial charge in [0.05, 0.1) is 18.8 Å². The third-order valence-electron chi connectivity index (χ3n) is 1.58. The van der Waals surface area contributed by atoms with Crippen LogP contribution in [0.4, 0.5) is 0 Å². The number of halogens is 1. The lowest BCUT2D eigenvalue weighted by atomic mass is 10.3. The van der Waals surface area contributed by atoms with Crippen LogP contribution >= 0.6 is 11.6 Å². The second kappa shape index (κ2) is 4.98. The third-order valence-corrected chi connectivity index (χ3v) is 1.85. The quantitative estimate of drug-likeness (QED) is 0.747. The summed E-state index contributed by atoms with van der Waals surface area (Å²) in [5.74, 6) is -0.153. The summed E-state index contributed by atoms with van der Waals surface area (Å²) < 4.78 is 9.85. The Kier molecular flexibility index (Phi) is 3.91. The maximum atomic E-state index is 11.4. The molecule has 0 aliphatic heterocycles. The van der Waals surface area contributed by atoms with E-state index in [0.717, 1.165) is 0 Å². The van der Waals surface area contributed by atoms with Gasteiger partial charge in [-0.3, -0.25) is 0 Å². The highest BCUT2D eigenvalue weighted by Gasteiger charge is 2.12. The number of carbonyl (C=O) groups excluding carboxylic acids is 1. The van der Waals surface area contributed by atoms with Gasteiger partial charge in [-0.2, -0.15) is 0 Å². The molecule has 1 aromatic rings. The number of aromatic nitrogens is 1. The lowest BCUT2D eigenvalue weighted by Gasteiger charge is -2.08. The molecule has 0 aliphatic carbocycles. The van der Waals surface area contributed by atoms with E-state index in [-0.39, 0.29) is 17.0 Å². The summed E-state index contributed by atoms with van der Waals surface area (Å²) in [7, 11) is 1.46. The number of rotatable bonds is 3. The number of hydrogen-bond donors (Lipinski definition) is 0. The molecular weight excluding hydrogens is 218 g/mol. The van der Waals surface area contributed by atoms with E-state index in [1.54, 1.807) is 13.8 Å². The van der Waals surface area contributed by atoms with Gasteiger partial charge in [-0.15, -0.1) is 0 Å². The fourth-order valence-corrected chi connectivity index (χ4v) is 1.21. The first-order valence-corrected chi connectivity index (χ1v) is 4.83. The molecule has 0 amide bonds. The van der Waals surface area contributed by atoms with E-state index >= 15 is 0 Å². The molecule has 0 bridgehead atoms.